The number of non-ortho nitro benzene ring substituents is 1. The third kappa shape index (κ3) is 3.78. The Morgan fingerprint density at radius 2 is 1.81 bits per heavy atom. The van der Waals surface area contributed by atoms with Crippen LogP contribution in [0.2, 0.25) is 0 Å². The molecule has 2 saturated heterocycles. The first-order chi connectivity index (χ1) is 13.1. The molecule has 0 spiro atoms. The van der Waals surface area contributed by atoms with Crippen LogP contribution < -0.4 is 4.90 Å². The van der Waals surface area contributed by atoms with Crippen LogP contribution in [-0.2, 0) is 4.74 Å². The molecule has 2 aliphatic heterocycles. The molecule has 3 aliphatic rings. The van der Waals surface area contributed by atoms with E-state index in [9.17, 15) is 14.9 Å². The number of morpholine rings is 1. The third-order valence-electron chi connectivity index (χ3n) is 6.35. The lowest BCUT2D eigenvalue weighted by atomic mass is 9.75. The zero-order chi connectivity index (χ0) is 18.8. The molecule has 0 radical (unpaired) electrons. The summed E-state index contributed by atoms with van der Waals surface area (Å²) in [7, 11) is 0. The zero-order valence-corrected chi connectivity index (χ0v) is 15.6. The topological polar surface area (TPSA) is 75.9 Å². The van der Waals surface area contributed by atoms with Crippen molar-refractivity contribution < 1.29 is 14.5 Å². The number of carbonyl (C=O) groups excluding carboxylic acids is 1. The molecule has 1 aromatic carbocycles. The summed E-state index contributed by atoms with van der Waals surface area (Å²) in [5.74, 6) is 1.26. The summed E-state index contributed by atoms with van der Waals surface area (Å²) in [4.78, 5) is 28.2. The number of nitrogens with zero attached hydrogens (tertiary/aromatic N) is 3. The molecule has 1 aliphatic carbocycles. The SMILES string of the molecule is O=C(c1cc([N+](=O)[O-])ccc1N1CCOCC1)N1CC[C@H]2CCCC[C@H]2C1. The number of likely N-dealkylation sites (tertiary alicyclic amines) is 1. The predicted octanol–water partition coefficient (Wildman–Crippen LogP) is 3.08. The number of anilines is 1. The average molecular weight is 373 g/mol. The van der Waals surface area contributed by atoms with Crippen LogP contribution in [0.25, 0.3) is 0 Å². The largest absolute Gasteiger partial charge is 0.378 e. The minimum Gasteiger partial charge on any atom is -0.378 e. The zero-order valence-electron chi connectivity index (χ0n) is 15.6. The standard InChI is InChI=1S/C20H27N3O4/c24-20(22-8-7-15-3-1-2-4-16(15)14-22)18-13-17(23(25)26)5-6-19(18)21-9-11-27-12-10-21/h5-6,13,15-16H,1-4,7-12,14H2/t15-,16+/m1/s1. The highest BCUT2D eigenvalue weighted by Gasteiger charge is 2.34. The van der Waals surface area contributed by atoms with Crippen LogP contribution in [0.4, 0.5) is 11.4 Å². The fourth-order valence-electron chi connectivity index (χ4n) is 4.84. The highest BCUT2D eigenvalue weighted by molar-refractivity contribution is 6.00. The Morgan fingerprint density at radius 1 is 1.07 bits per heavy atom. The molecule has 1 amide bonds. The second-order valence-corrected chi connectivity index (χ2v) is 7.90. The molecule has 0 aromatic heterocycles. The Morgan fingerprint density at radius 3 is 2.56 bits per heavy atom. The molecular formula is C20H27N3O4. The first kappa shape index (κ1) is 18.2. The number of ether oxygens (including phenoxy) is 1. The highest BCUT2D eigenvalue weighted by Crippen LogP contribution is 2.37. The summed E-state index contributed by atoms with van der Waals surface area (Å²) in [6, 6.07) is 4.68. The van der Waals surface area contributed by atoms with Crippen molar-refractivity contribution in [3.05, 3.63) is 33.9 Å². The summed E-state index contributed by atoms with van der Waals surface area (Å²) < 4.78 is 5.41. The van der Waals surface area contributed by atoms with E-state index in [1.807, 2.05) is 4.90 Å². The molecule has 0 N–H and O–H groups in total. The Kier molecular flexibility index (Phi) is 5.29. The van der Waals surface area contributed by atoms with E-state index in [2.05, 4.69) is 4.90 Å². The van der Waals surface area contributed by atoms with Crippen LogP contribution in [0, 0.1) is 22.0 Å². The first-order valence-corrected chi connectivity index (χ1v) is 10.0. The van der Waals surface area contributed by atoms with Crippen LogP contribution in [0.5, 0.6) is 0 Å². The quantitative estimate of drug-likeness (QED) is 0.601. The van der Waals surface area contributed by atoms with Crippen LogP contribution in [-0.4, -0.2) is 55.1 Å². The van der Waals surface area contributed by atoms with Crippen LogP contribution in [0.3, 0.4) is 0 Å². The average Bonchev–Trinajstić information content (AvgIpc) is 2.73. The monoisotopic (exact) mass is 373 g/mol. The number of benzene rings is 1. The number of nitro groups is 1. The maximum atomic E-state index is 13.4. The summed E-state index contributed by atoms with van der Waals surface area (Å²) in [5.41, 5.74) is 1.22. The molecule has 146 valence electrons. The lowest BCUT2D eigenvalue weighted by Gasteiger charge is -2.41. The summed E-state index contributed by atoms with van der Waals surface area (Å²) in [5, 5.41) is 11.3. The molecule has 2 heterocycles. The summed E-state index contributed by atoms with van der Waals surface area (Å²) >= 11 is 0. The van der Waals surface area contributed by atoms with Gasteiger partial charge in [0.25, 0.3) is 11.6 Å². The minimum absolute atomic E-state index is 0.0251. The van der Waals surface area contributed by atoms with E-state index in [1.54, 1.807) is 6.07 Å². The third-order valence-corrected chi connectivity index (χ3v) is 6.35. The van der Waals surface area contributed by atoms with E-state index < -0.39 is 4.92 Å². The van der Waals surface area contributed by atoms with Gasteiger partial charge in [-0.05, 0) is 30.7 Å². The number of nitro benzene ring substituents is 1. The van der Waals surface area contributed by atoms with E-state index >= 15 is 0 Å². The van der Waals surface area contributed by atoms with Crippen molar-refractivity contribution in [2.24, 2.45) is 11.8 Å². The van der Waals surface area contributed by atoms with Crippen molar-refractivity contribution in [2.45, 2.75) is 32.1 Å². The van der Waals surface area contributed by atoms with Gasteiger partial charge in [-0.3, -0.25) is 14.9 Å². The molecule has 0 unspecified atom stereocenters. The first-order valence-electron chi connectivity index (χ1n) is 10.0. The van der Waals surface area contributed by atoms with E-state index in [0.717, 1.165) is 31.1 Å². The van der Waals surface area contributed by atoms with Gasteiger partial charge in [0.1, 0.15) is 0 Å². The maximum absolute atomic E-state index is 13.4. The van der Waals surface area contributed by atoms with Gasteiger partial charge in [-0.1, -0.05) is 19.3 Å². The van der Waals surface area contributed by atoms with E-state index in [0.29, 0.717) is 37.8 Å². The van der Waals surface area contributed by atoms with Crippen molar-refractivity contribution in [2.75, 3.05) is 44.3 Å². The van der Waals surface area contributed by atoms with Gasteiger partial charge in [0.15, 0.2) is 0 Å². The van der Waals surface area contributed by atoms with Crippen LogP contribution in [0.1, 0.15) is 42.5 Å². The van der Waals surface area contributed by atoms with Gasteiger partial charge < -0.3 is 14.5 Å². The molecule has 1 saturated carbocycles. The van der Waals surface area contributed by atoms with Gasteiger partial charge >= 0.3 is 0 Å². The van der Waals surface area contributed by atoms with Crippen LogP contribution in [0.15, 0.2) is 18.2 Å². The lowest BCUT2D eigenvalue weighted by molar-refractivity contribution is -0.384. The number of hydrogen-bond acceptors (Lipinski definition) is 5. The predicted molar refractivity (Wildman–Crippen MR) is 102 cm³/mol. The van der Waals surface area contributed by atoms with Crippen molar-refractivity contribution in [3.63, 3.8) is 0 Å². The van der Waals surface area contributed by atoms with Crippen molar-refractivity contribution >= 4 is 17.3 Å². The maximum Gasteiger partial charge on any atom is 0.270 e. The lowest BCUT2D eigenvalue weighted by Crippen LogP contribution is -2.45. The normalized spacial score (nSPS) is 25.8. The van der Waals surface area contributed by atoms with Gasteiger partial charge in [0, 0.05) is 38.3 Å². The van der Waals surface area contributed by atoms with Crippen molar-refractivity contribution in [3.8, 4) is 0 Å². The number of rotatable bonds is 3. The number of amides is 1. The number of piperidine rings is 1. The Bertz CT molecular complexity index is 717. The summed E-state index contributed by atoms with van der Waals surface area (Å²) in [6.07, 6.45) is 6.08. The second-order valence-electron chi connectivity index (χ2n) is 7.90. The molecule has 27 heavy (non-hydrogen) atoms. The Balaban J connectivity index is 1.60. The molecule has 2 atom stereocenters. The molecule has 7 nitrogen and oxygen atoms in total. The number of fused-ring (bicyclic) bond motifs is 1. The second kappa shape index (κ2) is 7.84. The van der Waals surface area contributed by atoms with Crippen LogP contribution >= 0.6 is 0 Å². The smallest absolute Gasteiger partial charge is 0.270 e. The van der Waals surface area contributed by atoms with Gasteiger partial charge in [-0.15, -0.1) is 0 Å². The highest BCUT2D eigenvalue weighted by atomic mass is 16.6. The fourth-order valence-corrected chi connectivity index (χ4v) is 4.84. The van der Waals surface area contributed by atoms with Gasteiger partial charge in [0.2, 0.25) is 0 Å². The molecule has 1 aromatic rings. The fraction of sp³-hybridized carbons (Fsp3) is 0.650. The number of carbonyl (C=O) groups is 1. The number of hydrogen-bond donors (Lipinski definition) is 0. The molecule has 4 rings (SSSR count). The molecule has 7 heteroatoms. The van der Waals surface area contributed by atoms with E-state index in [1.165, 1.54) is 37.8 Å². The van der Waals surface area contributed by atoms with E-state index in [-0.39, 0.29) is 11.6 Å². The molecule has 3 fully saturated rings. The van der Waals surface area contributed by atoms with Gasteiger partial charge in [-0.25, -0.2) is 0 Å². The Hall–Kier alpha value is -2.15. The van der Waals surface area contributed by atoms with Gasteiger partial charge in [-0.2, -0.15) is 0 Å². The summed E-state index contributed by atoms with van der Waals surface area (Å²) in [6.45, 7) is 4.15. The Labute approximate surface area is 159 Å². The van der Waals surface area contributed by atoms with Crippen molar-refractivity contribution in [1.82, 2.24) is 4.90 Å². The van der Waals surface area contributed by atoms with Crippen molar-refractivity contribution in [1.29, 1.82) is 0 Å². The molecular weight excluding hydrogens is 346 g/mol. The van der Waals surface area contributed by atoms with Gasteiger partial charge in [0.05, 0.1) is 29.4 Å². The molecule has 0 bridgehead atoms. The minimum atomic E-state index is -0.423. The van der Waals surface area contributed by atoms with E-state index in [4.69, 9.17) is 4.74 Å².